The summed E-state index contributed by atoms with van der Waals surface area (Å²) in [5.74, 6) is 0. The lowest BCUT2D eigenvalue weighted by Gasteiger charge is -2.39. The Labute approximate surface area is 70.0 Å². The van der Waals surface area contributed by atoms with Gasteiger partial charge in [0.25, 0.3) is 0 Å². The summed E-state index contributed by atoms with van der Waals surface area (Å²) in [6.07, 6.45) is 0. The smallest absolute Gasteiger partial charge is 0.0609 e. The highest BCUT2D eigenvalue weighted by molar-refractivity contribution is 4.55. The molecule has 8 heteroatoms. The van der Waals surface area contributed by atoms with Crippen LogP contribution in [0.3, 0.4) is 0 Å². The number of nitrogens with one attached hydrogen (secondary N) is 5. The van der Waals surface area contributed by atoms with Gasteiger partial charge in [-0.15, -0.1) is 11.1 Å². The van der Waals surface area contributed by atoms with E-state index in [1.54, 1.807) is 5.23 Å². The lowest BCUT2D eigenvalue weighted by Crippen LogP contribution is -2.77. The van der Waals surface area contributed by atoms with Crippen LogP contribution >= 0.6 is 0 Å². The maximum absolute atomic E-state index is 5.21. The average Bonchev–Trinajstić information content (AvgIpc) is 2.21. The van der Waals surface area contributed by atoms with Crippen LogP contribution in [0.2, 0.25) is 0 Å². The topological polar surface area (TPSA) is 75.9 Å². The number of rotatable bonds is 1. The molecule has 12 heavy (non-hydrogen) atoms. The molecule has 2 aliphatic rings. The Bertz CT molecular complexity index is 115. The molecule has 0 radical (unpaired) electrons. The van der Waals surface area contributed by atoms with Crippen LogP contribution in [-0.2, 0) is 4.74 Å². The molecule has 2 fully saturated rings. The Kier molecular flexibility index (Phi) is 2.81. The first-order valence-corrected chi connectivity index (χ1v) is 3.86. The average molecular weight is 175 g/mol. The molecule has 0 spiro atoms. The molecule has 0 aromatic carbocycles. The highest BCUT2D eigenvalue weighted by atomic mass is 16.5. The molecule has 0 atom stereocenters. The van der Waals surface area contributed by atoms with Crippen molar-refractivity contribution < 1.29 is 4.74 Å². The van der Waals surface area contributed by atoms with Crippen LogP contribution in [0.15, 0.2) is 0 Å². The number of nitrogens with zero attached hydrogens (tertiary/aromatic N) is 2. The summed E-state index contributed by atoms with van der Waals surface area (Å²) in [7, 11) is 0. The number of hydrogen-bond acceptors (Lipinski definition) is 8. The minimum Gasteiger partial charge on any atom is -0.379 e. The summed E-state index contributed by atoms with van der Waals surface area (Å²) in [5.41, 5.74) is 13.8. The third kappa shape index (κ3) is 1.88. The van der Waals surface area contributed by atoms with Crippen molar-refractivity contribution in [3.05, 3.63) is 0 Å². The summed E-state index contributed by atoms with van der Waals surface area (Å²) in [4.78, 5) is 0. The first-order chi connectivity index (χ1) is 5.97. The standard InChI is InChI=1S/C4H13N7O/c1-3-12-4-2-10(1)11-8-6-5-7-9-11/h5-9H,1-4H2. The van der Waals surface area contributed by atoms with E-state index in [1.807, 2.05) is 0 Å². The second-order valence-corrected chi connectivity index (χ2v) is 2.48. The largest absolute Gasteiger partial charge is 0.379 e. The van der Waals surface area contributed by atoms with Gasteiger partial charge >= 0.3 is 0 Å². The van der Waals surface area contributed by atoms with Gasteiger partial charge < -0.3 is 4.74 Å². The van der Waals surface area contributed by atoms with E-state index in [9.17, 15) is 0 Å². The van der Waals surface area contributed by atoms with Crippen molar-refractivity contribution in [3.8, 4) is 0 Å². The van der Waals surface area contributed by atoms with Crippen LogP contribution in [0.1, 0.15) is 0 Å². The molecule has 2 saturated heterocycles. The lowest BCUT2D eigenvalue weighted by molar-refractivity contribution is -0.198. The van der Waals surface area contributed by atoms with Gasteiger partial charge in [-0.1, -0.05) is 5.23 Å². The first kappa shape index (κ1) is 8.29. The minimum atomic E-state index is 0.757. The quantitative estimate of drug-likeness (QED) is 0.288. The SMILES string of the molecule is C1CN(N2NNNNN2)CCO1. The Morgan fingerprint density at radius 1 is 0.917 bits per heavy atom. The van der Waals surface area contributed by atoms with Crippen molar-refractivity contribution in [2.45, 2.75) is 0 Å². The molecule has 8 nitrogen and oxygen atoms in total. The predicted octanol–water partition coefficient (Wildman–Crippen LogP) is -3.01. The van der Waals surface area contributed by atoms with Crippen LogP contribution in [-0.4, -0.2) is 36.5 Å². The van der Waals surface area contributed by atoms with Gasteiger partial charge in [-0.05, 0) is 0 Å². The molecule has 0 amide bonds. The maximum atomic E-state index is 5.21. The number of ether oxygens (including phenoxy) is 1. The van der Waals surface area contributed by atoms with E-state index < -0.39 is 0 Å². The van der Waals surface area contributed by atoms with Gasteiger partial charge in [0, 0.05) is 13.1 Å². The fourth-order valence-electron chi connectivity index (χ4n) is 1.12. The van der Waals surface area contributed by atoms with Crippen LogP contribution in [0, 0.1) is 0 Å². The van der Waals surface area contributed by atoms with Gasteiger partial charge in [0.2, 0.25) is 0 Å². The van der Waals surface area contributed by atoms with Crippen molar-refractivity contribution in [1.29, 1.82) is 0 Å². The number of hydrogen-bond donors (Lipinski definition) is 5. The molecule has 0 bridgehead atoms. The fraction of sp³-hybridized carbons (Fsp3) is 1.00. The van der Waals surface area contributed by atoms with Gasteiger partial charge in [0.1, 0.15) is 0 Å². The molecular weight excluding hydrogens is 162 g/mol. The normalized spacial score (nSPS) is 29.0. The zero-order valence-corrected chi connectivity index (χ0v) is 6.63. The molecule has 0 unspecified atom stereocenters. The zero-order chi connectivity index (χ0) is 8.23. The molecular formula is C4H13N7O. The van der Waals surface area contributed by atoms with Crippen LogP contribution < -0.4 is 27.7 Å². The minimum absolute atomic E-state index is 0.757. The fourth-order valence-corrected chi connectivity index (χ4v) is 1.12. The van der Waals surface area contributed by atoms with E-state index in [1.165, 1.54) is 0 Å². The number of morpholine rings is 1. The second-order valence-electron chi connectivity index (χ2n) is 2.48. The summed E-state index contributed by atoms with van der Waals surface area (Å²) >= 11 is 0. The van der Waals surface area contributed by atoms with Gasteiger partial charge in [-0.2, -0.15) is 16.6 Å². The van der Waals surface area contributed by atoms with E-state index in [0.29, 0.717) is 0 Å². The summed E-state index contributed by atoms with van der Waals surface area (Å²) in [6.45, 7) is 3.24. The molecule has 2 heterocycles. The van der Waals surface area contributed by atoms with E-state index >= 15 is 0 Å². The molecule has 0 aliphatic carbocycles. The first-order valence-electron chi connectivity index (χ1n) is 3.86. The highest BCUT2D eigenvalue weighted by Crippen LogP contribution is 1.96. The number of hydrazine groups is 7. The third-order valence-corrected chi connectivity index (χ3v) is 1.72. The van der Waals surface area contributed by atoms with Crippen LogP contribution in [0.4, 0.5) is 0 Å². The van der Waals surface area contributed by atoms with Crippen molar-refractivity contribution in [2.24, 2.45) is 0 Å². The Hall–Kier alpha value is -0.320. The van der Waals surface area contributed by atoms with E-state index in [-0.39, 0.29) is 0 Å². The van der Waals surface area contributed by atoms with Crippen LogP contribution in [0.25, 0.3) is 0 Å². The molecule has 0 aromatic rings. The molecule has 70 valence electrons. The molecule has 2 rings (SSSR count). The predicted molar refractivity (Wildman–Crippen MR) is 39.9 cm³/mol. The molecule has 0 aromatic heterocycles. The summed E-state index contributed by atoms with van der Waals surface area (Å²) < 4.78 is 5.21. The molecule has 5 N–H and O–H groups in total. The van der Waals surface area contributed by atoms with Gasteiger partial charge in [-0.3, -0.25) is 0 Å². The zero-order valence-electron chi connectivity index (χ0n) is 6.63. The highest BCUT2D eigenvalue weighted by Gasteiger charge is 2.19. The Balaban J connectivity index is 1.80. The molecule has 2 aliphatic heterocycles. The third-order valence-electron chi connectivity index (χ3n) is 1.72. The van der Waals surface area contributed by atoms with E-state index in [0.717, 1.165) is 26.3 Å². The van der Waals surface area contributed by atoms with E-state index in [4.69, 9.17) is 4.74 Å². The van der Waals surface area contributed by atoms with Gasteiger partial charge in [0.15, 0.2) is 0 Å². The van der Waals surface area contributed by atoms with Crippen LogP contribution in [0.5, 0.6) is 0 Å². The van der Waals surface area contributed by atoms with Gasteiger partial charge in [0.05, 0.1) is 13.2 Å². The van der Waals surface area contributed by atoms with Crippen molar-refractivity contribution in [2.75, 3.05) is 26.3 Å². The van der Waals surface area contributed by atoms with Crippen molar-refractivity contribution >= 4 is 0 Å². The van der Waals surface area contributed by atoms with Crippen molar-refractivity contribution in [3.63, 3.8) is 0 Å². The second kappa shape index (κ2) is 4.07. The van der Waals surface area contributed by atoms with Gasteiger partial charge in [-0.25, -0.2) is 5.01 Å². The summed E-state index contributed by atoms with van der Waals surface area (Å²) in [6, 6.07) is 0. The lowest BCUT2D eigenvalue weighted by atomic mass is 10.5. The summed E-state index contributed by atoms with van der Waals surface area (Å²) in [5, 5.41) is 3.80. The monoisotopic (exact) mass is 175 g/mol. The van der Waals surface area contributed by atoms with Crippen molar-refractivity contribution in [1.82, 2.24) is 37.9 Å². The molecule has 0 saturated carbocycles. The Morgan fingerprint density at radius 2 is 1.58 bits per heavy atom. The van der Waals surface area contributed by atoms with E-state index in [2.05, 4.69) is 32.7 Å². The maximum Gasteiger partial charge on any atom is 0.0609 e. The Morgan fingerprint density at radius 3 is 2.25 bits per heavy atom.